The number of amides is 1. The fourth-order valence-electron chi connectivity index (χ4n) is 1.80. The summed E-state index contributed by atoms with van der Waals surface area (Å²) in [6.45, 7) is 9.46. The predicted molar refractivity (Wildman–Crippen MR) is 74.0 cm³/mol. The zero-order valence-electron chi connectivity index (χ0n) is 12.4. The van der Waals surface area contributed by atoms with E-state index in [2.05, 4.69) is 10.3 Å². The van der Waals surface area contributed by atoms with Crippen molar-refractivity contribution < 1.29 is 9.53 Å². The molecule has 0 saturated carbocycles. The van der Waals surface area contributed by atoms with Crippen LogP contribution in [0.1, 0.15) is 38.3 Å². The molecule has 0 unspecified atom stereocenters. The summed E-state index contributed by atoms with van der Waals surface area (Å²) < 4.78 is 7.14. The molecule has 0 fully saturated rings. The second kappa shape index (κ2) is 5.71. The summed E-state index contributed by atoms with van der Waals surface area (Å²) >= 11 is 0. The highest BCUT2D eigenvalue weighted by atomic mass is 16.5. The Morgan fingerprint density at radius 2 is 2.05 bits per heavy atom. The molecule has 1 aromatic heterocycles. The zero-order chi connectivity index (χ0) is 14.7. The average molecular weight is 268 g/mol. The van der Waals surface area contributed by atoms with Gasteiger partial charge in [-0.05, 0) is 27.7 Å². The summed E-state index contributed by atoms with van der Waals surface area (Å²) in [5, 5.41) is 3.35. The third-order valence-corrected chi connectivity index (χ3v) is 3.17. The minimum atomic E-state index is -0.518. The molecular formula is C13H24N4O2. The van der Waals surface area contributed by atoms with Crippen LogP contribution < -0.4 is 11.1 Å². The fourth-order valence-corrected chi connectivity index (χ4v) is 1.80. The molecule has 1 rings (SSSR count). The first kappa shape index (κ1) is 15.7. The molecule has 0 spiro atoms. The maximum Gasteiger partial charge on any atom is 0.284 e. The number of nitrogens with two attached hydrogens (primary N) is 1. The first-order chi connectivity index (χ1) is 8.69. The lowest BCUT2D eigenvalue weighted by Gasteiger charge is -2.31. The number of primary amides is 1. The number of ether oxygens (including phenoxy) is 1. The van der Waals surface area contributed by atoms with Gasteiger partial charge in [0, 0.05) is 32.6 Å². The number of imidazole rings is 1. The van der Waals surface area contributed by atoms with Crippen molar-refractivity contribution in [3.8, 4) is 0 Å². The van der Waals surface area contributed by atoms with Crippen LogP contribution in [0.4, 0.5) is 0 Å². The van der Waals surface area contributed by atoms with Crippen molar-refractivity contribution in [1.29, 1.82) is 0 Å². The predicted octanol–water partition coefficient (Wildman–Crippen LogP) is 0.732. The monoisotopic (exact) mass is 268 g/mol. The van der Waals surface area contributed by atoms with Crippen LogP contribution in [0.15, 0.2) is 12.4 Å². The van der Waals surface area contributed by atoms with Gasteiger partial charge in [0.05, 0.1) is 11.1 Å². The van der Waals surface area contributed by atoms with Crippen molar-refractivity contribution in [3.05, 3.63) is 18.2 Å². The van der Waals surface area contributed by atoms with Crippen molar-refractivity contribution in [1.82, 2.24) is 14.9 Å². The minimum absolute atomic E-state index is 0.225. The van der Waals surface area contributed by atoms with E-state index in [9.17, 15) is 4.79 Å². The summed E-state index contributed by atoms with van der Waals surface area (Å²) in [7, 11) is 1.69. The molecule has 6 nitrogen and oxygen atoms in total. The molecule has 1 aromatic rings. The Kier molecular flexibility index (Phi) is 4.70. The fraction of sp³-hybridized carbons (Fsp3) is 0.692. The molecule has 0 saturated heterocycles. The van der Waals surface area contributed by atoms with Crippen molar-refractivity contribution in [2.24, 2.45) is 5.73 Å². The number of carbonyl (C=O) groups excluding carboxylic acids is 1. The lowest BCUT2D eigenvalue weighted by molar-refractivity contribution is 0.0217. The van der Waals surface area contributed by atoms with E-state index in [-0.39, 0.29) is 17.0 Å². The third-order valence-electron chi connectivity index (χ3n) is 3.17. The van der Waals surface area contributed by atoms with Crippen molar-refractivity contribution in [2.75, 3.05) is 20.2 Å². The van der Waals surface area contributed by atoms with Crippen LogP contribution >= 0.6 is 0 Å². The molecular weight excluding hydrogens is 244 g/mol. The Bertz CT molecular complexity index is 438. The molecule has 0 aromatic carbocycles. The molecule has 6 heteroatoms. The molecule has 1 heterocycles. The molecule has 0 radical (unpaired) electrons. The number of methoxy groups -OCH3 is 1. The number of carbonyl (C=O) groups is 1. The molecule has 1 amide bonds. The third kappa shape index (κ3) is 4.04. The Labute approximate surface area is 114 Å². The van der Waals surface area contributed by atoms with E-state index >= 15 is 0 Å². The first-order valence-electron chi connectivity index (χ1n) is 6.29. The highest BCUT2D eigenvalue weighted by Gasteiger charge is 2.25. The van der Waals surface area contributed by atoms with Gasteiger partial charge in [-0.2, -0.15) is 0 Å². The Morgan fingerprint density at radius 1 is 1.42 bits per heavy atom. The van der Waals surface area contributed by atoms with Crippen LogP contribution in [0.3, 0.4) is 0 Å². The SMILES string of the molecule is COC(C)(C)CNCC(C)(C)n1ccnc1C(N)=O. The van der Waals surface area contributed by atoms with Gasteiger partial charge in [0.15, 0.2) is 5.82 Å². The van der Waals surface area contributed by atoms with Crippen LogP contribution in [0.25, 0.3) is 0 Å². The second-order valence-electron chi connectivity index (χ2n) is 5.86. The largest absolute Gasteiger partial charge is 0.377 e. The van der Waals surface area contributed by atoms with E-state index < -0.39 is 5.91 Å². The van der Waals surface area contributed by atoms with E-state index in [0.29, 0.717) is 13.1 Å². The molecule has 0 bridgehead atoms. The molecule has 108 valence electrons. The Balaban J connectivity index is 2.71. The summed E-state index contributed by atoms with van der Waals surface area (Å²) in [6.07, 6.45) is 3.35. The van der Waals surface area contributed by atoms with Crippen molar-refractivity contribution in [2.45, 2.75) is 38.8 Å². The maximum atomic E-state index is 11.3. The quantitative estimate of drug-likeness (QED) is 0.764. The Hall–Kier alpha value is -1.40. The van der Waals surface area contributed by atoms with Gasteiger partial charge < -0.3 is 20.4 Å². The standard InChI is InChI=1S/C13H24N4O2/c1-12(2,8-15-9-13(3,4)19-5)17-7-6-16-11(17)10(14)18/h6-7,15H,8-9H2,1-5H3,(H2,14,18). The van der Waals surface area contributed by atoms with Gasteiger partial charge in [-0.3, -0.25) is 4.79 Å². The normalized spacial score (nSPS) is 12.7. The molecule has 19 heavy (non-hydrogen) atoms. The van der Waals surface area contributed by atoms with E-state index in [0.717, 1.165) is 0 Å². The lowest BCUT2D eigenvalue weighted by atomic mass is 10.0. The smallest absolute Gasteiger partial charge is 0.284 e. The van der Waals surface area contributed by atoms with Crippen molar-refractivity contribution in [3.63, 3.8) is 0 Å². The number of aromatic nitrogens is 2. The second-order valence-corrected chi connectivity index (χ2v) is 5.86. The summed E-state index contributed by atoms with van der Waals surface area (Å²) in [5.74, 6) is -0.243. The molecule has 0 atom stereocenters. The van der Waals surface area contributed by atoms with Gasteiger partial charge in [-0.1, -0.05) is 0 Å². The Morgan fingerprint density at radius 3 is 2.58 bits per heavy atom. The molecule has 3 N–H and O–H groups in total. The van der Waals surface area contributed by atoms with E-state index in [1.54, 1.807) is 24.1 Å². The topological polar surface area (TPSA) is 82.2 Å². The van der Waals surface area contributed by atoms with Crippen LogP contribution in [0, 0.1) is 0 Å². The van der Waals surface area contributed by atoms with Gasteiger partial charge in [0.25, 0.3) is 5.91 Å². The average Bonchev–Trinajstić information content (AvgIpc) is 2.78. The minimum Gasteiger partial charge on any atom is -0.377 e. The van der Waals surface area contributed by atoms with Gasteiger partial charge in [-0.15, -0.1) is 0 Å². The van der Waals surface area contributed by atoms with Crippen LogP contribution in [0.5, 0.6) is 0 Å². The number of nitrogens with one attached hydrogen (secondary N) is 1. The number of hydrogen-bond acceptors (Lipinski definition) is 4. The van der Waals surface area contributed by atoms with E-state index in [1.807, 2.05) is 27.7 Å². The molecule has 0 aliphatic rings. The summed E-state index contributed by atoms with van der Waals surface area (Å²) in [4.78, 5) is 15.3. The summed E-state index contributed by atoms with van der Waals surface area (Å²) in [5.41, 5.74) is 4.79. The van der Waals surface area contributed by atoms with Gasteiger partial charge in [-0.25, -0.2) is 4.98 Å². The number of hydrogen-bond donors (Lipinski definition) is 2. The van der Waals surface area contributed by atoms with Crippen molar-refractivity contribution >= 4 is 5.91 Å². The van der Waals surface area contributed by atoms with E-state index in [1.165, 1.54) is 0 Å². The van der Waals surface area contributed by atoms with Crippen LogP contribution in [-0.4, -0.2) is 41.3 Å². The number of rotatable bonds is 7. The van der Waals surface area contributed by atoms with Crippen LogP contribution in [0.2, 0.25) is 0 Å². The summed E-state index contributed by atoms with van der Waals surface area (Å²) in [6, 6.07) is 0. The van der Waals surface area contributed by atoms with Gasteiger partial charge in [0.2, 0.25) is 0 Å². The number of nitrogens with zero attached hydrogens (tertiary/aromatic N) is 2. The van der Waals surface area contributed by atoms with Gasteiger partial charge >= 0.3 is 0 Å². The lowest BCUT2D eigenvalue weighted by Crippen LogP contribution is -2.45. The molecule has 0 aliphatic carbocycles. The highest BCUT2D eigenvalue weighted by molar-refractivity contribution is 5.89. The zero-order valence-corrected chi connectivity index (χ0v) is 12.4. The highest BCUT2D eigenvalue weighted by Crippen LogP contribution is 2.16. The van der Waals surface area contributed by atoms with Crippen LogP contribution in [-0.2, 0) is 10.3 Å². The first-order valence-corrected chi connectivity index (χ1v) is 6.29. The van der Waals surface area contributed by atoms with E-state index in [4.69, 9.17) is 10.5 Å². The van der Waals surface area contributed by atoms with Gasteiger partial charge in [0.1, 0.15) is 0 Å². The maximum absolute atomic E-state index is 11.3. The molecule has 0 aliphatic heterocycles.